The fourth-order valence-corrected chi connectivity index (χ4v) is 4.15. The van der Waals surface area contributed by atoms with Crippen molar-refractivity contribution in [3.8, 4) is 5.75 Å². The number of aliphatic hydroxyl groups is 1. The van der Waals surface area contributed by atoms with Crippen molar-refractivity contribution in [2.45, 2.75) is 26.8 Å². The minimum Gasteiger partial charge on any atom is -0.507 e. The molecule has 0 saturated carbocycles. The van der Waals surface area contributed by atoms with Gasteiger partial charge in [-0.1, -0.05) is 37.6 Å². The topological polar surface area (TPSA) is 70.1 Å². The van der Waals surface area contributed by atoms with Gasteiger partial charge in [0.25, 0.3) is 11.7 Å². The van der Waals surface area contributed by atoms with Crippen molar-refractivity contribution >= 4 is 29.1 Å². The molecule has 3 rings (SSSR count). The first kappa shape index (κ1) is 23.8. The van der Waals surface area contributed by atoms with Crippen molar-refractivity contribution in [3.63, 3.8) is 0 Å². The molecule has 2 aromatic carbocycles. The molecular formula is C25H29ClN2O4. The number of aliphatic hydroxyl groups excluding tert-OH is 1. The van der Waals surface area contributed by atoms with Gasteiger partial charge >= 0.3 is 0 Å². The lowest BCUT2D eigenvalue weighted by molar-refractivity contribution is -0.140. The summed E-state index contributed by atoms with van der Waals surface area (Å²) in [5, 5.41) is 11.6. The van der Waals surface area contributed by atoms with Crippen LogP contribution in [0.15, 0.2) is 54.1 Å². The summed E-state index contributed by atoms with van der Waals surface area (Å²) >= 11 is 6.22. The Kier molecular flexibility index (Phi) is 7.94. The first-order valence-corrected chi connectivity index (χ1v) is 11.3. The first-order valence-electron chi connectivity index (χ1n) is 10.9. The van der Waals surface area contributed by atoms with E-state index in [9.17, 15) is 14.7 Å². The minimum absolute atomic E-state index is 0.0703. The average Bonchev–Trinajstić information content (AvgIpc) is 3.05. The summed E-state index contributed by atoms with van der Waals surface area (Å²) in [5.74, 6) is -0.854. The third-order valence-corrected chi connectivity index (χ3v) is 5.93. The number of likely N-dealkylation sites (N-methyl/N-ethyl adjacent to an activating group) is 1. The summed E-state index contributed by atoms with van der Waals surface area (Å²) in [6.45, 7) is 9.19. The second kappa shape index (κ2) is 10.7. The Morgan fingerprint density at radius 2 is 1.78 bits per heavy atom. The van der Waals surface area contributed by atoms with Crippen LogP contribution >= 0.6 is 11.6 Å². The van der Waals surface area contributed by atoms with Gasteiger partial charge in [0.05, 0.1) is 18.2 Å². The maximum absolute atomic E-state index is 13.1. The molecule has 0 radical (unpaired) electrons. The van der Waals surface area contributed by atoms with Gasteiger partial charge in [-0.2, -0.15) is 0 Å². The number of benzene rings is 2. The Morgan fingerprint density at radius 1 is 1.09 bits per heavy atom. The molecular weight excluding hydrogens is 428 g/mol. The molecule has 1 aliphatic rings. The number of hydrogen-bond acceptors (Lipinski definition) is 5. The highest BCUT2D eigenvalue weighted by Crippen LogP contribution is 2.40. The third-order valence-electron chi connectivity index (χ3n) is 5.69. The number of ether oxygens (including phenoxy) is 1. The van der Waals surface area contributed by atoms with Crippen LogP contribution in [0.4, 0.5) is 0 Å². The van der Waals surface area contributed by atoms with E-state index in [1.807, 2.05) is 13.0 Å². The molecule has 0 aromatic heterocycles. The van der Waals surface area contributed by atoms with E-state index in [-0.39, 0.29) is 11.3 Å². The van der Waals surface area contributed by atoms with Crippen LogP contribution in [0, 0.1) is 0 Å². The van der Waals surface area contributed by atoms with Crippen molar-refractivity contribution < 1.29 is 19.4 Å². The van der Waals surface area contributed by atoms with E-state index in [0.717, 1.165) is 13.1 Å². The molecule has 6 nitrogen and oxygen atoms in total. The van der Waals surface area contributed by atoms with E-state index >= 15 is 0 Å². The largest absolute Gasteiger partial charge is 0.507 e. The number of Topliss-reactive ketones (excluding diaryl/α,β-unsaturated/α-hetero) is 1. The average molecular weight is 457 g/mol. The zero-order valence-corrected chi connectivity index (χ0v) is 19.4. The van der Waals surface area contributed by atoms with Crippen LogP contribution in [0.1, 0.15) is 37.9 Å². The van der Waals surface area contributed by atoms with Gasteiger partial charge in [0.15, 0.2) is 0 Å². The number of nitrogens with zero attached hydrogens (tertiary/aromatic N) is 2. The molecule has 32 heavy (non-hydrogen) atoms. The number of carbonyl (C=O) groups is 2. The van der Waals surface area contributed by atoms with Gasteiger partial charge in [-0.15, -0.1) is 0 Å². The lowest BCUT2D eigenvalue weighted by Gasteiger charge is -2.28. The highest BCUT2D eigenvalue weighted by Gasteiger charge is 2.46. The van der Waals surface area contributed by atoms with Crippen LogP contribution in [-0.2, 0) is 9.59 Å². The second-order valence-corrected chi connectivity index (χ2v) is 7.97. The lowest BCUT2D eigenvalue weighted by Crippen LogP contribution is -2.38. The van der Waals surface area contributed by atoms with Gasteiger partial charge in [-0.25, -0.2) is 0 Å². The maximum atomic E-state index is 13.1. The molecule has 1 fully saturated rings. The highest BCUT2D eigenvalue weighted by atomic mass is 35.5. The van der Waals surface area contributed by atoms with Crippen LogP contribution in [0.2, 0.25) is 5.02 Å². The smallest absolute Gasteiger partial charge is 0.295 e. The standard InChI is InChI=1S/C25H29ClN2O4/c1-4-27(5-2)14-15-28-22(18-8-7-9-19(26)16-18)21(24(30)25(28)31)23(29)17-10-12-20(13-11-17)32-6-3/h7-13,16,22,29H,4-6,14-15H2,1-3H3/b23-21+/t22-/m0/s1. The van der Waals surface area contributed by atoms with Gasteiger partial charge in [-0.3, -0.25) is 9.59 Å². The molecule has 0 unspecified atom stereocenters. The number of likely N-dealkylation sites (tertiary alicyclic amines) is 1. The van der Waals surface area contributed by atoms with E-state index in [0.29, 0.717) is 41.6 Å². The predicted octanol–water partition coefficient (Wildman–Crippen LogP) is 4.50. The normalized spacial score (nSPS) is 17.9. The van der Waals surface area contributed by atoms with Crippen molar-refractivity contribution in [3.05, 3.63) is 70.3 Å². The van der Waals surface area contributed by atoms with E-state index in [4.69, 9.17) is 16.3 Å². The van der Waals surface area contributed by atoms with Gasteiger partial charge in [0, 0.05) is 23.7 Å². The lowest BCUT2D eigenvalue weighted by atomic mass is 9.95. The van der Waals surface area contributed by atoms with Crippen LogP contribution in [0.5, 0.6) is 5.75 Å². The fraction of sp³-hybridized carbons (Fsp3) is 0.360. The minimum atomic E-state index is -0.712. The van der Waals surface area contributed by atoms with Crippen LogP contribution in [0.25, 0.3) is 5.76 Å². The number of halogens is 1. The maximum Gasteiger partial charge on any atom is 0.295 e. The van der Waals surface area contributed by atoms with Crippen molar-refractivity contribution in [1.82, 2.24) is 9.80 Å². The zero-order valence-electron chi connectivity index (χ0n) is 18.7. The van der Waals surface area contributed by atoms with E-state index in [1.54, 1.807) is 42.5 Å². The number of ketones is 1. The second-order valence-electron chi connectivity index (χ2n) is 7.53. The molecule has 1 saturated heterocycles. The summed E-state index contributed by atoms with van der Waals surface area (Å²) in [5.41, 5.74) is 1.20. The molecule has 1 atom stereocenters. The van der Waals surface area contributed by atoms with Gasteiger partial charge in [0.2, 0.25) is 0 Å². The first-order chi connectivity index (χ1) is 15.4. The summed E-state index contributed by atoms with van der Waals surface area (Å²) in [4.78, 5) is 29.8. The fourth-order valence-electron chi connectivity index (χ4n) is 3.95. The van der Waals surface area contributed by atoms with E-state index < -0.39 is 17.7 Å². The molecule has 0 aliphatic carbocycles. The zero-order chi connectivity index (χ0) is 23.3. The summed E-state index contributed by atoms with van der Waals surface area (Å²) in [7, 11) is 0. The van der Waals surface area contributed by atoms with Crippen LogP contribution < -0.4 is 4.74 Å². The summed E-state index contributed by atoms with van der Waals surface area (Å²) < 4.78 is 5.45. The van der Waals surface area contributed by atoms with Crippen molar-refractivity contribution in [2.75, 3.05) is 32.8 Å². The molecule has 170 valence electrons. The molecule has 0 bridgehead atoms. The Morgan fingerprint density at radius 3 is 2.38 bits per heavy atom. The van der Waals surface area contributed by atoms with Crippen LogP contribution in [0.3, 0.4) is 0 Å². The number of carbonyl (C=O) groups excluding carboxylic acids is 2. The Bertz CT molecular complexity index is 999. The predicted molar refractivity (Wildman–Crippen MR) is 126 cm³/mol. The van der Waals surface area contributed by atoms with Crippen LogP contribution in [-0.4, -0.2) is 59.4 Å². The molecule has 1 aliphatic heterocycles. The summed E-state index contributed by atoms with van der Waals surface area (Å²) in [6.07, 6.45) is 0. The molecule has 7 heteroatoms. The Balaban J connectivity index is 2.06. The van der Waals surface area contributed by atoms with Gasteiger partial charge in [-0.05, 0) is 62.0 Å². The third kappa shape index (κ3) is 4.97. The molecule has 1 N–H and O–H groups in total. The Labute approximate surface area is 194 Å². The summed E-state index contributed by atoms with van der Waals surface area (Å²) in [6, 6.07) is 13.2. The molecule has 1 heterocycles. The van der Waals surface area contributed by atoms with E-state index in [2.05, 4.69) is 18.7 Å². The SMILES string of the molecule is CCOc1ccc(/C(O)=C2\C(=O)C(=O)N(CCN(CC)CC)[C@H]2c2cccc(Cl)c2)cc1. The van der Waals surface area contributed by atoms with E-state index in [1.165, 1.54) is 4.90 Å². The highest BCUT2D eigenvalue weighted by molar-refractivity contribution is 6.46. The van der Waals surface area contributed by atoms with Crippen molar-refractivity contribution in [1.29, 1.82) is 0 Å². The number of amides is 1. The monoisotopic (exact) mass is 456 g/mol. The number of rotatable bonds is 9. The molecule has 0 spiro atoms. The number of hydrogen-bond donors (Lipinski definition) is 1. The van der Waals surface area contributed by atoms with Gasteiger partial charge in [0.1, 0.15) is 11.5 Å². The quantitative estimate of drug-likeness (QED) is 0.341. The Hall–Kier alpha value is -2.83. The van der Waals surface area contributed by atoms with Gasteiger partial charge < -0.3 is 19.6 Å². The molecule has 2 aromatic rings. The molecule has 1 amide bonds. The van der Waals surface area contributed by atoms with Crippen molar-refractivity contribution in [2.24, 2.45) is 0 Å².